The van der Waals surface area contributed by atoms with Gasteiger partial charge in [-0.2, -0.15) is 4.31 Å². The van der Waals surface area contributed by atoms with Crippen molar-refractivity contribution in [3.05, 3.63) is 77.9 Å². The molecule has 1 aromatic heterocycles. The third kappa shape index (κ3) is 4.42. The molecule has 0 spiro atoms. The fraction of sp³-hybridized carbons (Fsp3) is 0.167. The van der Waals surface area contributed by atoms with Gasteiger partial charge in [-0.3, -0.25) is 4.79 Å². The minimum absolute atomic E-state index is 0.0924. The molecule has 0 unspecified atom stereocenters. The van der Waals surface area contributed by atoms with Crippen LogP contribution in [0.2, 0.25) is 0 Å². The molecule has 0 atom stereocenters. The lowest BCUT2D eigenvalue weighted by molar-refractivity contribution is -0.116. The lowest BCUT2D eigenvalue weighted by atomic mass is 10.1. The molecule has 1 heterocycles. The predicted octanol–water partition coefficient (Wildman–Crippen LogP) is 4.11. The number of nitrogens with one attached hydrogen (secondary N) is 2. The number of anilines is 1. The lowest BCUT2D eigenvalue weighted by Crippen LogP contribution is -2.35. The molecule has 4 aromatic rings. The molecule has 0 aliphatic heterocycles. The molecule has 0 bridgehead atoms. The van der Waals surface area contributed by atoms with E-state index in [1.54, 1.807) is 18.2 Å². The fourth-order valence-electron chi connectivity index (χ4n) is 3.37. The van der Waals surface area contributed by atoms with E-state index in [0.29, 0.717) is 22.5 Å². The number of hydrogen-bond donors (Lipinski definition) is 2. The zero-order chi connectivity index (χ0) is 22.9. The van der Waals surface area contributed by atoms with Crippen LogP contribution in [0.15, 0.2) is 71.6 Å². The van der Waals surface area contributed by atoms with Crippen molar-refractivity contribution in [3.63, 3.8) is 0 Å². The van der Waals surface area contributed by atoms with Crippen LogP contribution in [-0.4, -0.2) is 42.2 Å². The molecule has 4 rings (SSSR count). The molecule has 0 saturated heterocycles. The molecule has 0 saturated carbocycles. The Kier molecular flexibility index (Phi) is 5.82. The van der Waals surface area contributed by atoms with Crippen molar-refractivity contribution in [2.75, 3.05) is 18.9 Å². The predicted molar refractivity (Wildman–Crippen MR) is 126 cm³/mol. The van der Waals surface area contributed by atoms with Crippen LogP contribution in [-0.2, 0) is 14.8 Å². The molecule has 32 heavy (non-hydrogen) atoms. The maximum absolute atomic E-state index is 13.1. The van der Waals surface area contributed by atoms with Crippen molar-refractivity contribution in [2.24, 2.45) is 0 Å². The van der Waals surface area contributed by atoms with Crippen LogP contribution in [0.5, 0.6) is 0 Å². The average Bonchev–Trinajstić information content (AvgIpc) is 3.20. The van der Waals surface area contributed by atoms with E-state index in [0.717, 1.165) is 21.0 Å². The number of fused-ring (bicyclic) bond motifs is 1. The number of likely N-dealkylation sites (N-methyl/N-ethyl adjacent to an activating group) is 1. The number of carbonyl (C=O) groups excluding carboxylic acids is 1. The van der Waals surface area contributed by atoms with Crippen LogP contribution < -0.4 is 5.32 Å². The van der Waals surface area contributed by atoms with Crippen LogP contribution in [0.4, 0.5) is 5.69 Å². The Bertz CT molecular complexity index is 1400. The maximum atomic E-state index is 13.1. The Hall–Kier alpha value is -3.49. The minimum atomic E-state index is -3.86. The number of benzene rings is 3. The molecule has 3 aromatic carbocycles. The summed E-state index contributed by atoms with van der Waals surface area (Å²) in [4.78, 5) is 20.2. The number of nitrogens with zero attached hydrogens (tertiary/aromatic N) is 2. The monoisotopic (exact) mass is 448 g/mol. The van der Waals surface area contributed by atoms with Gasteiger partial charge in [0.05, 0.1) is 22.5 Å². The highest BCUT2D eigenvalue weighted by atomic mass is 32.2. The summed E-state index contributed by atoms with van der Waals surface area (Å²) in [5.41, 5.74) is 4.99. The number of hydrogen-bond acceptors (Lipinski definition) is 4. The number of sulfonamides is 1. The summed E-state index contributed by atoms with van der Waals surface area (Å²) < 4.78 is 27.1. The zero-order valence-electron chi connectivity index (χ0n) is 18.1. The second kappa shape index (κ2) is 8.57. The van der Waals surface area contributed by atoms with E-state index in [4.69, 9.17) is 0 Å². The van der Waals surface area contributed by atoms with Gasteiger partial charge in [0.2, 0.25) is 15.9 Å². The van der Waals surface area contributed by atoms with Crippen LogP contribution in [0.1, 0.15) is 11.1 Å². The largest absolute Gasteiger partial charge is 0.338 e. The van der Waals surface area contributed by atoms with E-state index < -0.39 is 15.9 Å². The number of imidazole rings is 1. The highest BCUT2D eigenvalue weighted by molar-refractivity contribution is 7.89. The Morgan fingerprint density at radius 1 is 1.00 bits per heavy atom. The molecular weight excluding hydrogens is 424 g/mol. The number of aromatic amines is 1. The van der Waals surface area contributed by atoms with Gasteiger partial charge in [-0.15, -0.1) is 0 Å². The summed E-state index contributed by atoms with van der Waals surface area (Å²) in [5, 5.41) is 2.75. The third-order valence-corrected chi connectivity index (χ3v) is 7.17. The Balaban J connectivity index is 1.52. The third-order valence-electron chi connectivity index (χ3n) is 5.37. The summed E-state index contributed by atoms with van der Waals surface area (Å²) in [6, 6.07) is 19.9. The van der Waals surface area contributed by atoms with Gasteiger partial charge in [0.1, 0.15) is 5.82 Å². The first-order valence-electron chi connectivity index (χ1n) is 10.1. The van der Waals surface area contributed by atoms with E-state index in [1.165, 1.54) is 13.1 Å². The van der Waals surface area contributed by atoms with Gasteiger partial charge in [-0.1, -0.05) is 36.4 Å². The molecule has 1 amide bonds. The standard InChI is InChI=1S/C24H24N4O3S/c1-16-9-10-19(13-17(16)2)25-23(29)15-28(3)32(30,31)20-11-12-21-22(14-20)27-24(26-21)18-7-5-4-6-8-18/h4-14H,15H2,1-3H3,(H,25,29)(H,26,27). The van der Waals surface area contributed by atoms with Gasteiger partial charge < -0.3 is 10.3 Å². The summed E-state index contributed by atoms with van der Waals surface area (Å²) in [6.07, 6.45) is 0. The number of amides is 1. The van der Waals surface area contributed by atoms with Gasteiger partial charge in [0.15, 0.2) is 0 Å². The number of carbonyl (C=O) groups is 1. The first-order chi connectivity index (χ1) is 15.2. The van der Waals surface area contributed by atoms with E-state index in [2.05, 4.69) is 15.3 Å². The molecule has 164 valence electrons. The SMILES string of the molecule is Cc1ccc(NC(=O)CN(C)S(=O)(=O)c2ccc3nc(-c4ccccc4)[nH]c3c2)cc1C. The quantitative estimate of drug-likeness (QED) is 0.464. The van der Waals surface area contributed by atoms with Gasteiger partial charge in [-0.05, 0) is 55.3 Å². The normalized spacial score (nSPS) is 11.8. The first kappa shape index (κ1) is 21.7. The van der Waals surface area contributed by atoms with Crippen molar-refractivity contribution in [1.82, 2.24) is 14.3 Å². The van der Waals surface area contributed by atoms with Crippen molar-refractivity contribution >= 4 is 32.7 Å². The van der Waals surface area contributed by atoms with E-state index in [-0.39, 0.29) is 11.4 Å². The van der Waals surface area contributed by atoms with Crippen molar-refractivity contribution in [2.45, 2.75) is 18.7 Å². The summed E-state index contributed by atoms with van der Waals surface area (Å²) in [7, 11) is -2.47. The van der Waals surface area contributed by atoms with Gasteiger partial charge in [-0.25, -0.2) is 13.4 Å². The van der Waals surface area contributed by atoms with Gasteiger partial charge in [0.25, 0.3) is 0 Å². The number of aryl methyl sites for hydroxylation is 2. The van der Waals surface area contributed by atoms with E-state index >= 15 is 0 Å². The van der Waals surface area contributed by atoms with Crippen LogP contribution in [0.3, 0.4) is 0 Å². The smallest absolute Gasteiger partial charge is 0.243 e. The Morgan fingerprint density at radius 2 is 1.75 bits per heavy atom. The maximum Gasteiger partial charge on any atom is 0.243 e. The second-order valence-electron chi connectivity index (χ2n) is 7.74. The van der Waals surface area contributed by atoms with Crippen LogP contribution in [0.25, 0.3) is 22.4 Å². The molecule has 0 aliphatic carbocycles. The van der Waals surface area contributed by atoms with E-state index in [9.17, 15) is 13.2 Å². The average molecular weight is 449 g/mol. The summed E-state index contributed by atoms with van der Waals surface area (Å²) in [5.74, 6) is 0.254. The molecule has 7 nitrogen and oxygen atoms in total. The van der Waals surface area contributed by atoms with Crippen molar-refractivity contribution < 1.29 is 13.2 Å². The fourth-order valence-corrected chi connectivity index (χ4v) is 4.52. The van der Waals surface area contributed by atoms with Gasteiger partial charge in [0, 0.05) is 18.3 Å². The van der Waals surface area contributed by atoms with Crippen molar-refractivity contribution in [3.8, 4) is 11.4 Å². The lowest BCUT2D eigenvalue weighted by Gasteiger charge is -2.17. The summed E-state index contributed by atoms with van der Waals surface area (Å²) >= 11 is 0. The van der Waals surface area contributed by atoms with E-state index in [1.807, 2.05) is 56.3 Å². The number of aromatic nitrogens is 2. The molecule has 0 fully saturated rings. The Labute approximate surface area is 187 Å². The van der Waals surface area contributed by atoms with Crippen LogP contribution in [0, 0.1) is 13.8 Å². The number of rotatable bonds is 6. The molecule has 2 N–H and O–H groups in total. The molecule has 0 radical (unpaired) electrons. The van der Waals surface area contributed by atoms with Gasteiger partial charge >= 0.3 is 0 Å². The van der Waals surface area contributed by atoms with Crippen molar-refractivity contribution in [1.29, 1.82) is 0 Å². The minimum Gasteiger partial charge on any atom is -0.338 e. The molecule has 8 heteroatoms. The second-order valence-corrected chi connectivity index (χ2v) is 9.78. The zero-order valence-corrected chi connectivity index (χ0v) is 18.9. The number of H-pyrrole nitrogens is 1. The highest BCUT2D eigenvalue weighted by Crippen LogP contribution is 2.24. The first-order valence-corrected chi connectivity index (χ1v) is 11.6. The topological polar surface area (TPSA) is 95.2 Å². The van der Waals surface area contributed by atoms with Crippen LogP contribution >= 0.6 is 0 Å². The molecular formula is C24H24N4O3S. The Morgan fingerprint density at radius 3 is 2.47 bits per heavy atom. The molecule has 0 aliphatic rings. The summed E-state index contributed by atoms with van der Waals surface area (Å²) in [6.45, 7) is 3.64. The highest BCUT2D eigenvalue weighted by Gasteiger charge is 2.24.